The summed E-state index contributed by atoms with van der Waals surface area (Å²) in [4.78, 5) is 19.1. The highest BCUT2D eigenvalue weighted by atomic mass is 16.5. The normalized spacial score (nSPS) is 11.6. The van der Waals surface area contributed by atoms with Crippen LogP contribution in [0.25, 0.3) is 0 Å². The summed E-state index contributed by atoms with van der Waals surface area (Å²) in [5.74, 6) is 0.252. The Morgan fingerprint density at radius 3 is 2.61 bits per heavy atom. The Bertz CT molecular complexity index is 405. The molecule has 2 N–H and O–H groups in total. The van der Waals surface area contributed by atoms with Crippen molar-refractivity contribution in [2.75, 3.05) is 6.61 Å². The Labute approximate surface area is 108 Å². The number of aromatic amines is 1. The molecule has 0 bridgehead atoms. The number of hydrogen-bond acceptors (Lipinski definition) is 4. The van der Waals surface area contributed by atoms with Crippen molar-refractivity contribution in [3.05, 3.63) is 17.2 Å². The van der Waals surface area contributed by atoms with Gasteiger partial charge < -0.3 is 14.8 Å². The Kier molecular flexibility index (Phi) is 4.90. The SMILES string of the molecule is CCCCc1nc(C(C)(C)O)c(C(=O)OCC)[nH]1. The lowest BCUT2D eigenvalue weighted by Gasteiger charge is -2.15. The number of H-pyrrole nitrogens is 1. The molecular formula is C13H22N2O3. The van der Waals surface area contributed by atoms with Gasteiger partial charge in [0.1, 0.15) is 17.1 Å². The predicted molar refractivity (Wildman–Crippen MR) is 68.4 cm³/mol. The van der Waals surface area contributed by atoms with E-state index in [1.54, 1.807) is 20.8 Å². The Hall–Kier alpha value is -1.36. The van der Waals surface area contributed by atoms with E-state index in [0.717, 1.165) is 25.1 Å². The number of aliphatic hydroxyl groups is 1. The number of carbonyl (C=O) groups is 1. The molecule has 0 aliphatic carbocycles. The number of unbranched alkanes of at least 4 members (excludes halogenated alkanes) is 1. The molecule has 1 aromatic heterocycles. The number of nitrogens with one attached hydrogen (secondary N) is 1. The minimum atomic E-state index is -1.16. The molecule has 5 heteroatoms. The van der Waals surface area contributed by atoms with Crippen molar-refractivity contribution in [2.45, 2.75) is 52.6 Å². The van der Waals surface area contributed by atoms with Gasteiger partial charge in [-0.15, -0.1) is 0 Å². The molecule has 0 radical (unpaired) electrons. The molecule has 1 aromatic rings. The van der Waals surface area contributed by atoms with Crippen LogP contribution in [0.15, 0.2) is 0 Å². The third kappa shape index (κ3) is 3.57. The average molecular weight is 254 g/mol. The van der Waals surface area contributed by atoms with Gasteiger partial charge in [0.25, 0.3) is 0 Å². The zero-order valence-corrected chi connectivity index (χ0v) is 11.5. The smallest absolute Gasteiger partial charge is 0.356 e. The fourth-order valence-electron chi connectivity index (χ4n) is 1.68. The van der Waals surface area contributed by atoms with Gasteiger partial charge in [0.2, 0.25) is 0 Å². The molecule has 0 aliphatic heterocycles. The average Bonchev–Trinajstić information content (AvgIpc) is 2.70. The third-order valence-corrected chi connectivity index (χ3v) is 2.58. The van der Waals surface area contributed by atoms with E-state index >= 15 is 0 Å². The van der Waals surface area contributed by atoms with E-state index < -0.39 is 11.6 Å². The van der Waals surface area contributed by atoms with Crippen LogP contribution < -0.4 is 0 Å². The molecule has 0 amide bonds. The summed E-state index contributed by atoms with van der Waals surface area (Å²) in [6, 6.07) is 0. The van der Waals surface area contributed by atoms with E-state index in [9.17, 15) is 9.90 Å². The van der Waals surface area contributed by atoms with Gasteiger partial charge in [-0.25, -0.2) is 9.78 Å². The first kappa shape index (κ1) is 14.7. The fraction of sp³-hybridized carbons (Fsp3) is 0.692. The lowest BCUT2D eigenvalue weighted by atomic mass is 10.0. The van der Waals surface area contributed by atoms with Gasteiger partial charge in [0.15, 0.2) is 5.69 Å². The summed E-state index contributed by atoms with van der Waals surface area (Å²) in [6.07, 6.45) is 2.80. The number of esters is 1. The van der Waals surface area contributed by atoms with Gasteiger partial charge in [-0.1, -0.05) is 13.3 Å². The molecular weight excluding hydrogens is 232 g/mol. The second kappa shape index (κ2) is 6.00. The minimum Gasteiger partial charge on any atom is -0.461 e. The monoisotopic (exact) mass is 254 g/mol. The van der Waals surface area contributed by atoms with E-state index in [1.165, 1.54) is 0 Å². The van der Waals surface area contributed by atoms with Gasteiger partial charge in [-0.05, 0) is 27.2 Å². The van der Waals surface area contributed by atoms with Crippen molar-refractivity contribution in [3.8, 4) is 0 Å². The van der Waals surface area contributed by atoms with Gasteiger partial charge in [0.05, 0.1) is 6.61 Å². The second-order valence-corrected chi connectivity index (χ2v) is 4.79. The maximum atomic E-state index is 11.8. The summed E-state index contributed by atoms with van der Waals surface area (Å²) in [7, 11) is 0. The molecule has 0 aromatic carbocycles. The number of carbonyl (C=O) groups excluding carboxylic acids is 1. The van der Waals surface area contributed by atoms with Crippen molar-refractivity contribution >= 4 is 5.97 Å². The number of ether oxygens (including phenoxy) is 1. The van der Waals surface area contributed by atoms with Crippen LogP contribution in [-0.4, -0.2) is 27.7 Å². The fourth-order valence-corrected chi connectivity index (χ4v) is 1.68. The van der Waals surface area contributed by atoms with Crippen molar-refractivity contribution in [1.82, 2.24) is 9.97 Å². The van der Waals surface area contributed by atoms with Gasteiger partial charge in [0, 0.05) is 6.42 Å². The van der Waals surface area contributed by atoms with Crippen LogP contribution in [0.4, 0.5) is 0 Å². The van der Waals surface area contributed by atoms with Gasteiger partial charge >= 0.3 is 5.97 Å². The Balaban J connectivity index is 3.05. The first-order valence-corrected chi connectivity index (χ1v) is 6.39. The van der Waals surface area contributed by atoms with Crippen LogP contribution in [0, 0.1) is 0 Å². The highest BCUT2D eigenvalue weighted by molar-refractivity contribution is 5.89. The summed E-state index contributed by atoms with van der Waals surface area (Å²) in [5, 5.41) is 10.0. The van der Waals surface area contributed by atoms with Crippen LogP contribution in [0.1, 0.15) is 62.5 Å². The Morgan fingerprint density at radius 1 is 1.44 bits per heavy atom. The molecule has 0 atom stereocenters. The van der Waals surface area contributed by atoms with Gasteiger partial charge in [-0.2, -0.15) is 0 Å². The number of nitrogens with zero attached hydrogens (tertiary/aromatic N) is 1. The lowest BCUT2D eigenvalue weighted by molar-refractivity contribution is 0.0476. The van der Waals surface area contributed by atoms with Crippen LogP contribution in [0.5, 0.6) is 0 Å². The molecule has 0 aliphatic rings. The van der Waals surface area contributed by atoms with E-state index in [1.807, 2.05) is 0 Å². The number of hydrogen-bond donors (Lipinski definition) is 2. The molecule has 0 spiro atoms. The number of aryl methyl sites for hydroxylation is 1. The molecule has 0 saturated carbocycles. The van der Waals surface area contributed by atoms with Crippen molar-refractivity contribution in [1.29, 1.82) is 0 Å². The van der Waals surface area contributed by atoms with E-state index in [2.05, 4.69) is 16.9 Å². The lowest BCUT2D eigenvalue weighted by Crippen LogP contribution is -2.21. The molecule has 18 heavy (non-hydrogen) atoms. The number of aromatic nitrogens is 2. The molecule has 1 heterocycles. The van der Waals surface area contributed by atoms with Crippen LogP contribution >= 0.6 is 0 Å². The summed E-state index contributed by atoms with van der Waals surface area (Å²) < 4.78 is 4.96. The summed E-state index contributed by atoms with van der Waals surface area (Å²) in [6.45, 7) is 7.35. The zero-order valence-electron chi connectivity index (χ0n) is 11.5. The topological polar surface area (TPSA) is 75.2 Å². The van der Waals surface area contributed by atoms with E-state index in [4.69, 9.17) is 4.74 Å². The maximum absolute atomic E-state index is 11.8. The number of imidazole rings is 1. The maximum Gasteiger partial charge on any atom is 0.356 e. The Morgan fingerprint density at radius 2 is 2.11 bits per heavy atom. The van der Waals surface area contributed by atoms with Crippen LogP contribution in [0.2, 0.25) is 0 Å². The van der Waals surface area contributed by atoms with Crippen molar-refractivity contribution in [2.24, 2.45) is 0 Å². The quantitative estimate of drug-likeness (QED) is 0.763. The molecule has 0 fully saturated rings. The molecule has 1 rings (SSSR count). The highest BCUT2D eigenvalue weighted by Gasteiger charge is 2.28. The van der Waals surface area contributed by atoms with E-state index in [0.29, 0.717) is 12.3 Å². The first-order chi connectivity index (χ1) is 8.40. The summed E-state index contributed by atoms with van der Waals surface area (Å²) in [5.41, 5.74) is -0.550. The predicted octanol–water partition coefficient (Wildman–Crippen LogP) is 2.16. The highest BCUT2D eigenvalue weighted by Crippen LogP contribution is 2.23. The standard InChI is InChI=1S/C13H22N2O3/c1-5-7-8-9-14-10(12(16)18-6-2)11(15-9)13(3,4)17/h17H,5-8H2,1-4H3,(H,14,15). The van der Waals surface area contributed by atoms with E-state index in [-0.39, 0.29) is 5.69 Å². The number of rotatable bonds is 6. The molecule has 0 unspecified atom stereocenters. The van der Waals surface area contributed by atoms with Gasteiger partial charge in [-0.3, -0.25) is 0 Å². The zero-order chi connectivity index (χ0) is 13.8. The minimum absolute atomic E-state index is 0.260. The first-order valence-electron chi connectivity index (χ1n) is 6.39. The molecule has 0 saturated heterocycles. The largest absolute Gasteiger partial charge is 0.461 e. The van der Waals surface area contributed by atoms with Crippen LogP contribution in [-0.2, 0) is 16.8 Å². The van der Waals surface area contributed by atoms with Crippen molar-refractivity contribution in [3.63, 3.8) is 0 Å². The third-order valence-electron chi connectivity index (χ3n) is 2.58. The summed E-state index contributed by atoms with van der Waals surface area (Å²) >= 11 is 0. The van der Waals surface area contributed by atoms with Crippen LogP contribution in [0.3, 0.4) is 0 Å². The second-order valence-electron chi connectivity index (χ2n) is 4.79. The molecule has 102 valence electrons. The molecule has 5 nitrogen and oxygen atoms in total. The van der Waals surface area contributed by atoms with Crippen molar-refractivity contribution < 1.29 is 14.6 Å².